The maximum absolute atomic E-state index is 12.7. The van der Waals surface area contributed by atoms with E-state index in [1.165, 1.54) is 0 Å². The van der Waals surface area contributed by atoms with Crippen molar-refractivity contribution in [1.82, 2.24) is 15.5 Å². The average Bonchev–Trinajstić information content (AvgIpc) is 2.55. The van der Waals surface area contributed by atoms with Crippen LogP contribution < -0.4 is 10.6 Å². The summed E-state index contributed by atoms with van der Waals surface area (Å²) in [5.74, 6) is -0.254. The first-order chi connectivity index (χ1) is 10.3. The van der Waals surface area contributed by atoms with E-state index in [1.54, 1.807) is 4.90 Å². The van der Waals surface area contributed by atoms with Crippen LogP contribution in [0.3, 0.4) is 0 Å². The Kier molecular flexibility index (Phi) is 4.17. The number of morpholine rings is 1. The molecule has 21 heavy (non-hydrogen) atoms. The zero-order chi connectivity index (χ0) is 14.7. The number of hydrogen-bond acceptors (Lipinski definition) is 4. The van der Waals surface area contributed by atoms with Gasteiger partial charge >= 0.3 is 0 Å². The van der Waals surface area contributed by atoms with Crippen molar-refractivity contribution in [1.29, 1.82) is 0 Å². The van der Waals surface area contributed by atoms with Gasteiger partial charge in [-0.15, -0.1) is 0 Å². The number of piperazine rings is 1. The smallest absolute Gasteiger partial charge is 0.254 e. The molecule has 112 valence electrons. The number of nitrogens with zero attached hydrogens (tertiary/aromatic N) is 1. The minimum atomic E-state index is -0.571. The lowest BCUT2D eigenvalue weighted by Gasteiger charge is -2.38. The Balaban J connectivity index is 1.83. The molecule has 0 aromatic heterocycles. The van der Waals surface area contributed by atoms with Gasteiger partial charge in [-0.2, -0.15) is 0 Å². The first kappa shape index (κ1) is 14.0. The molecule has 2 unspecified atom stereocenters. The minimum Gasteiger partial charge on any atom is -0.366 e. The van der Waals surface area contributed by atoms with Gasteiger partial charge in [0.05, 0.1) is 6.61 Å². The summed E-state index contributed by atoms with van der Waals surface area (Å²) in [6, 6.07) is 8.81. The number of benzene rings is 1. The normalized spacial score (nSPS) is 26.3. The van der Waals surface area contributed by atoms with E-state index >= 15 is 0 Å². The molecule has 2 N–H and O–H groups in total. The van der Waals surface area contributed by atoms with Crippen LogP contribution in [0.15, 0.2) is 30.3 Å². The number of nitrogens with one attached hydrogen (secondary N) is 2. The highest BCUT2D eigenvalue weighted by atomic mass is 16.5. The van der Waals surface area contributed by atoms with Gasteiger partial charge in [0, 0.05) is 26.2 Å². The first-order valence-corrected chi connectivity index (χ1v) is 7.23. The van der Waals surface area contributed by atoms with Gasteiger partial charge in [-0.3, -0.25) is 9.59 Å². The summed E-state index contributed by atoms with van der Waals surface area (Å²) in [7, 11) is 0. The Hall–Kier alpha value is -1.92. The maximum atomic E-state index is 12.7. The molecule has 0 aliphatic carbocycles. The average molecular weight is 289 g/mol. The highest BCUT2D eigenvalue weighted by Crippen LogP contribution is 2.24. The van der Waals surface area contributed by atoms with Crippen molar-refractivity contribution in [3.8, 4) is 0 Å². The second kappa shape index (κ2) is 6.24. The second-order valence-electron chi connectivity index (χ2n) is 5.20. The molecule has 2 amide bonds. The zero-order valence-electron chi connectivity index (χ0n) is 11.7. The summed E-state index contributed by atoms with van der Waals surface area (Å²) in [6.07, 6.45) is -0.504. The molecule has 2 aliphatic heterocycles. The molecule has 6 nitrogen and oxygen atoms in total. The molecular formula is C15H19N3O3. The first-order valence-electron chi connectivity index (χ1n) is 7.23. The lowest BCUT2D eigenvalue weighted by atomic mass is 10.0. The fourth-order valence-electron chi connectivity index (χ4n) is 2.78. The molecular weight excluding hydrogens is 270 g/mol. The Morgan fingerprint density at radius 3 is 2.76 bits per heavy atom. The zero-order valence-corrected chi connectivity index (χ0v) is 11.7. The molecule has 6 heteroatoms. The molecule has 2 heterocycles. The van der Waals surface area contributed by atoms with E-state index in [-0.39, 0.29) is 11.8 Å². The van der Waals surface area contributed by atoms with Gasteiger partial charge < -0.3 is 20.3 Å². The van der Waals surface area contributed by atoms with Gasteiger partial charge in [0.2, 0.25) is 5.91 Å². The van der Waals surface area contributed by atoms with Crippen LogP contribution in [0.2, 0.25) is 0 Å². The van der Waals surface area contributed by atoms with Crippen LogP contribution in [0, 0.1) is 0 Å². The third-order valence-electron chi connectivity index (χ3n) is 3.81. The molecule has 0 saturated carbocycles. The molecule has 1 aromatic carbocycles. The largest absolute Gasteiger partial charge is 0.366 e. The monoisotopic (exact) mass is 289 g/mol. The quantitative estimate of drug-likeness (QED) is 0.782. The van der Waals surface area contributed by atoms with Crippen LogP contribution in [-0.4, -0.2) is 55.6 Å². The molecule has 3 rings (SSSR count). The Morgan fingerprint density at radius 2 is 2.05 bits per heavy atom. The highest BCUT2D eigenvalue weighted by Gasteiger charge is 2.37. The summed E-state index contributed by atoms with van der Waals surface area (Å²) >= 11 is 0. The molecule has 2 saturated heterocycles. The Bertz CT molecular complexity index is 514. The standard InChI is InChI=1S/C15H19N3O3/c19-14-13(11-4-2-1-3-5-11)18(8-6-17-14)15(20)12-10-16-7-9-21-12/h1-5,12-13,16H,6-10H2,(H,17,19). The van der Waals surface area contributed by atoms with E-state index in [9.17, 15) is 9.59 Å². The van der Waals surface area contributed by atoms with Crippen LogP contribution in [-0.2, 0) is 14.3 Å². The van der Waals surface area contributed by atoms with Gasteiger partial charge in [0.1, 0.15) is 12.1 Å². The van der Waals surface area contributed by atoms with Crippen molar-refractivity contribution >= 4 is 11.8 Å². The van der Waals surface area contributed by atoms with E-state index in [0.717, 1.165) is 12.1 Å². The van der Waals surface area contributed by atoms with Crippen molar-refractivity contribution < 1.29 is 14.3 Å². The summed E-state index contributed by atoms with van der Waals surface area (Å²) < 4.78 is 5.53. The number of ether oxygens (including phenoxy) is 1. The minimum absolute atomic E-state index is 0.120. The van der Waals surface area contributed by atoms with E-state index in [2.05, 4.69) is 10.6 Å². The number of carbonyl (C=O) groups is 2. The number of amides is 2. The van der Waals surface area contributed by atoms with Crippen LogP contribution >= 0.6 is 0 Å². The third kappa shape index (κ3) is 2.91. The van der Waals surface area contributed by atoms with Gasteiger partial charge in [-0.25, -0.2) is 0 Å². The van der Waals surface area contributed by atoms with Crippen molar-refractivity contribution in [3.05, 3.63) is 35.9 Å². The molecule has 2 fully saturated rings. The van der Waals surface area contributed by atoms with Gasteiger partial charge in [0.15, 0.2) is 0 Å². The SMILES string of the molecule is O=C1NCCN(C(=O)C2CNCCO2)C1c1ccccc1. The summed E-state index contributed by atoms with van der Waals surface area (Å²) in [4.78, 5) is 26.5. The summed E-state index contributed by atoms with van der Waals surface area (Å²) in [5.41, 5.74) is 0.826. The fraction of sp³-hybridized carbons (Fsp3) is 0.467. The molecule has 2 atom stereocenters. The number of hydrogen-bond donors (Lipinski definition) is 2. The van der Waals surface area contributed by atoms with Crippen molar-refractivity contribution in [2.75, 3.05) is 32.8 Å². The van der Waals surface area contributed by atoms with Crippen molar-refractivity contribution in [2.24, 2.45) is 0 Å². The number of rotatable bonds is 2. The predicted molar refractivity (Wildman–Crippen MR) is 76.5 cm³/mol. The molecule has 0 radical (unpaired) electrons. The van der Waals surface area contributed by atoms with Crippen LogP contribution in [0.4, 0.5) is 0 Å². The maximum Gasteiger partial charge on any atom is 0.254 e. The summed E-state index contributed by atoms with van der Waals surface area (Å²) in [6.45, 7) is 2.76. The topological polar surface area (TPSA) is 70.7 Å². The highest BCUT2D eigenvalue weighted by molar-refractivity contribution is 5.91. The lowest BCUT2D eigenvalue weighted by molar-refractivity contribution is -0.153. The van der Waals surface area contributed by atoms with Crippen molar-refractivity contribution in [3.63, 3.8) is 0 Å². The lowest BCUT2D eigenvalue weighted by Crippen LogP contribution is -2.57. The van der Waals surface area contributed by atoms with Gasteiger partial charge in [0.25, 0.3) is 5.91 Å². The van der Waals surface area contributed by atoms with Crippen molar-refractivity contribution in [2.45, 2.75) is 12.1 Å². The number of carbonyl (C=O) groups excluding carboxylic acids is 2. The van der Waals surface area contributed by atoms with Crippen LogP contribution in [0.25, 0.3) is 0 Å². The fourth-order valence-corrected chi connectivity index (χ4v) is 2.78. The molecule has 2 aliphatic rings. The molecule has 1 aromatic rings. The van der Waals surface area contributed by atoms with E-state index < -0.39 is 12.1 Å². The van der Waals surface area contributed by atoms with Crippen LogP contribution in [0.5, 0.6) is 0 Å². The molecule has 0 spiro atoms. The van der Waals surface area contributed by atoms with Gasteiger partial charge in [-0.1, -0.05) is 30.3 Å². The summed E-state index contributed by atoms with van der Waals surface area (Å²) in [5, 5.41) is 5.98. The van der Waals surface area contributed by atoms with E-state index in [0.29, 0.717) is 26.2 Å². The van der Waals surface area contributed by atoms with E-state index in [1.807, 2.05) is 30.3 Å². The Morgan fingerprint density at radius 1 is 1.24 bits per heavy atom. The molecule has 0 bridgehead atoms. The predicted octanol–water partition coefficient (Wildman–Crippen LogP) is -0.325. The third-order valence-corrected chi connectivity index (χ3v) is 3.81. The van der Waals surface area contributed by atoms with E-state index in [4.69, 9.17) is 4.74 Å². The van der Waals surface area contributed by atoms with Crippen LogP contribution in [0.1, 0.15) is 11.6 Å². The Labute approximate surface area is 123 Å². The second-order valence-corrected chi connectivity index (χ2v) is 5.20. The van der Waals surface area contributed by atoms with Gasteiger partial charge in [-0.05, 0) is 5.56 Å².